The highest BCUT2D eigenvalue weighted by atomic mass is 32.1. The number of esters is 1. The normalized spacial score (nSPS) is 10.8. The van der Waals surface area contributed by atoms with Crippen LogP contribution in [0.25, 0.3) is 33.0 Å². The Labute approximate surface area is 176 Å². The van der Waals surface area contributed by atoms with Gasteiger partial charge in [0.2, 0.25) is 0 Å². The smallest absolute Gasteiger partial charge is 0.338 e. The third-order valence-corrected chi connectivity index (χ3v) is 5.59. The zero-order chi connectivity index (χ0) is 21.1. The van der Waals surface area contributed by atoms with Gasteiger partial charge in [0.05, 0.1) is 18.4 Å². The van der Waals surface area contributed by atoms with E-state index in [1.165, 1.54) is 30.6 Å². The van der Waals surface area contributed by atoms with Crippen molar-refractivity contribution in [3.05, 3.63) is 88.7 Å². The van der Waals surface area contributed by atoms with Crippen molar-refractivity contribution in [1.29, 1.82) is 0 Å². The number of hydrogen-bond donors (Lipinski definition) is 1. The first-order chi connectivity index (χ1) is 14.6. The van der Waals surface area contributed by atoms with Crippen molar-refractivity contribution in [2.45, 2.75) is 0 Å². The Morgan fingerprint density at radius 1 is 1.03 bits per heavy atom. The first kappa shape index (κ1) is 19.9. The van der Waals surface area contributed by atoms with E-state index in [0.717, 1.165) is 27.3 Å². The fourth-order valence-electron chi connectivity index (χ4n) is 3.20. The van der Waals surface area contributed by atoms with E-state index >= 15 is 0 Å². The highest BCUT2D eigenvalue weighted by Gasteiger charge is 2.19. The molecule has 0 fully saturated rings. The Morgan fingerprint density at radius 3 is 2.50 bits per heavy atom. The van der Waals surface area contributed by atoms with E-state index in [1.54, 1.807) is 42.5 Å². The van der Waals surface area contributed by atoms with Crippen LogP contribution in [0.5, 0.6) is 0 Å². The van der Waals surface area contributed by atoms with E-state index in [0.29, 0.717) is 22.4 Å². The number of carbonyl (C=O) groups is 1. The average Bonchev–Trinajstić information content (AvgIpc) is 3.29. The number of quaternary nitrogens is 1. The Hall–Kier alpha value is -3.39. The summed E-state index contributed by atoms with van der Waals surface area (Å²) in [6.07, 6.45) is 0. The van der Waals surface area contributed by atoms with Gasteiger partial charge in [0.25, 0.3) is 0 Å². The molecule has 0 bridgehead atoms. The molecule has 0 spiro atoms. The second kappa shape index (κ2) is 8.54. The summed E-state index contributed by atoms with van der Waals surface area (Å²) in [5, 5.41) is 14.1. The Balaban J connectivity index is 1.77. The van der Waals surface area contributed by atoms with Crippen molar-refractivity contribution in [3.63, 3.8) is 0 Å². The number of methoxy groups -OCH3 is 1. The third-order valence-electron chi connectivity index (χ3n) is 4.69. The molecule has 4 rings (SSSR count). The Morgan fingerprint density at radius 2 is 1.77 bits per heavy atom. The Kier molecular flexibility index (Phi) is 5.67. The van der Waals surface area contributed by atoms with Gasteiger partial charge in [-0.05, 0) is 42.5 Å². The molecule has 0 saturated heterocycles. The summed E-state index contributed by atoms with van der Waals surface area (Å²) >= 11 is 1.43. The lowest BCUT2D eigenvalue weighted by Crippen LogP contribution is -2.70. The molecule has 2 N–H and O–H groups in total. The predicted molar refractivity (Wildman–Crippen MR) is 115 cm³/mol. The van der Waals surface area contributed by atoms with Gasteiger partial charge in [0.1, 0.15) is 16.5 Å². The number of nitrogens with zero attached hydrogens (tertiary/aromatic N) is 1. The molecule has 0 aliphatic heterocycles. The quantitative estimate of drug-likeness (QED) is 0.287. The van der Waals surface area contributed by atoms with Gasteiger partial charge in [0.15, 0.2) is 0 Å². The number of rotatable bonds is 5. The van der Waals surface area contributed by atoms with Gasteiger partial charge in [0, 0.05) is 27.6 Å². The number of ether oxygens (including phenoxy) is 1. The third kappa shape index (κ3) is 3.86. The minimum atomic E-state index is -0.497. The molecule has 1 heterocycles. The maximum atomic E-state index is 13.2. The molecule has 0 amide bonds. The number of halogens is 1. The zero-order valence-corrected chi connectivity index (χ0v) is 16.8. The van der Waals surface area contributed by atoms with Crippen LogP contribution in [0.4, 0.5) is 10.1 Å². The number of thiazole rings is 1. The van der Waals surface area contributed by atoms with Crippen molar-refractivity contribution in [3.8, 4) is 33.0 Å². The average molecular weight is 420 g/mol. The van der Waals surface area contributed by atoms with Gasteiger partial charge in [-0.2, -0.15) is 0 Å². The molecule has 5 nitrogen and oxygen atoms in total. The molecule has 30 heavy (non-hydrogen) atoms. The first-order valence-corrected chi connectivity index (χ1v) is 9.97. The number of nitrogens with two attached hydrogens (primary N) is 1. The summed E-state index contributed by atoms with van der Waals surface area (Å²) in [4.78, 5) is 17.1. The second-order valence-electron chi connectivity index (χ2n) is 6.50. The van der Waals surface area contributed by atoms with Crippen molar-refractivity contribution in [2.75, 3.05) is 7.11 Å². The SMILES string of the molecule is COC(=O)c1cc(-c2nc(-c3ccc(F)cc3)cs2)ccc1-c1ccccc1[NH2+][O-]. The van der Waals surface area contributed by atoms with Gasteiger partial charge in [-0.3, -0.25) is 0 Å². The predicted octanol–water partition coefficient (Wildman–Crippen LogP) is 4.76. The lowest BCUT2D eigenvalue weighted by Gasteiger charge is -2.13. The van der Waals surface area contributed by atoms with Crippen LogP contribution < -0.4 is 5.48 Å². The number of aromatic nitrogens is 1. The molecule has 7 heteroatoms. The van der Waals surface area contributed by atoms with Crippen molar-refractivity contribution >= 4 is 23.0 Å². The fraction of sp³-hybridized carbons (Fsp3) is 0.0435. The molecule has 3 aromatic carbocycles. The van der Waals surface area contributed by atoms with Gasteiger partial charge in [-0.15, -0.1) is 11.3 Å². The zero-order valence-electron chi connectivity index (χ0n) is 16.0. The molecule has 4 aromatic rings. The summed E-state index contributed by atoms with van der Waals surface area (Å²) in [7, 11) is 1.32. The van der Waals surface area contributed by atoms with Crippen molar-refractivity contribution in [2.24, 2.45) is 0 Å². The van der Waals surface area contributed by atoms with Crippen LogP contribution in [-0.4, -0.2) is 18.1 Å². The molecule has 150 valence electrons. The molecule has 0 radical (unpaired) electrons. The maximum absolute atomic E-state index is 13.2. The summed E-state index contributed by atoms with van der Waals surface area (Å²) in [5.74, 6) is -0.800. The monoisotopic (exact) mass is 420 g/mol. The van der Waals surface area contributed by atoms with Crippen molar-refractivity contribution < 1.29 is 19.4 Å². The van der Waals surface area contributed by atoms with Crippen LogP contribution in [0.15, 0.2) is 72.1 Å². The Bertz CT molecular complexity index is 1210. The number of hydrogen-bond acceptors (Lipinski definition) is 5. The van der Waals surface area contributed by atoms with Crippen molar-refractivity contribution in [1.82, 2.24) is 4.98 Å². The lowest BCUT2D eigenvalue weighted by atomic mass is 9.96. The first-order valence-electron chi connectivity index (χ1n) is 9.09. The topological polar surface area (TPSA) is 78.9 Å². The van der Waals surface area contributed by atoms with Crippen LogP contribution in [0.3, 0.4) is 0 Å². The molecular formula is C23H17FN2O3S. The minimum Gasteiger partial charge on any atom is -0.630 e. The van der Waals surface area contributed by atoms with Crippen LogP contribution in [-0.2, 0) is 4.74 Å². The van der Waals surface area contributed by atoms with Gasteiger partial charge < -0.3 is 15.4 Å². The number of benzene rings is 3. The standard InChI is InChI=1S/C23H17FN2O3S/c1-29-23(27)19-12-15(8-11-17(19)18-4-2-3-5-20(18)26-28)22-25-21(13-30-22)14-6-9-16(24)10-7-14/h2-13H,26H2,1H3. The van der Waals surface area contributed by atoms with Crippen LogP contribution in [0.1, 0.15) is 10.4 Å². The molecule has 1 aromatic heterocycles. The molecule has 0 aliphatic rings. The maximum Gasteiger partial charge on any atom is 0.338 e. The lowest BCUT2D eigenvalue weighted by molar-refractivity contribution is -0.496. The van der Waals surface area contributed by atoms with E-state index in [1.807, 2.05) is 17.5 Å². The summed E-state index contributed by atoms with van der Waals surface area (Å²) in [5.41, 5.74) is 5.16. The summed E-state index contributed by atoms with van der Waals surface area (Å²) < 4.78 is 18.1. The van der Waals surface area contributed by atoms with Gasteiger partial charge >= 0.3 is 5.97 Å². The summed E-state index contributed by atoms with van der Waals surface area (Å²) in [6, 6.07) is 18.6. The summed E-state index contributed by atoms with van der Waals surface area (Å²) in [6.45, 7) is 0. The molecular weight excluding hydrogens is 403 g/mol. The number of carbonyl (C=O) groups excluding carboxylic acids is 1. The molecule has 0 saturated carbocycles. The molecule has 0 atom stereocenters. The van der Waals surface area contributed by atoms with Crippen LogP contribution in [0, 0.1) is 11.0 Å². The van der Waals surface area contributed by atoms with Crippen LogP contribution >= 0.6 is 11.3 Å². The van der Waals surface area contributed by atoms with Gasteiger partial charge in [-0.1, -0.05) is 24.3 Å². The van der Waals surface area contributed by atoms with Gasteiger partial charge in [-0.25, -0.2) is 14.2 Å². The van der Waals surface area contributed by atoms with E-state index < -0.39 is 5.97 Å². The fourth-order valence-corrected chi connectivity index (χ4v) is 4.02. The minimum absolute atomic E-state index is 0.303. The van der Waals surface area contributed by atoms with Crippen LogP contribution in [0.2, 0.25) is 0 Å². The highest BCUT2D eigenvalue weighted by molar-refractivity contribution is 7.13. The van der Waals surface area contributed by atoms with E-state index in [4.69, 9.17) is 4.74 Å². The van der Waals surface area contributed by atoms with E-state index in [9.17, 15) is 14.4 Å². The van der Waals surface area contributed by atoms with E-state index in [-0.39, 0.29) is 5.82 Å². The highest BCUT2D eigenvalue weighted by Crippen LogP contribution is 2.34. The second-order valence-corrected chi connectivity index (χ2v) is 7.36. The molecule has 0 aliphatic carbocycles. The largest absolute Gasteiger partial charge is 0.630 e. The molecule has 0 unspecified atom stereocenters. The van der Waals surface area contributed by atoms with E-state index in [2.05, 4.69) is 4.98 Å².